The highest BCUT2D eigenvalue weighted by Crippen LogP contribution is 2.47. The number of likely N-dealkylation sites (tertiary alicyclic amines) is 1. The second-order valence-corrected chi connectivity index (χ2v) is 8.77. The van der Waals surface area contributed by atoms with Crippen molar-refractivity contribution in [2.45, 2.75) is 64.5 Å². The van der Waals surface area contributed by atoms with Crippen molar-refractivity contribution in [2.75, 3.05) is 27.3 Å². The lowest BCUT2D eigenvalue weighted by atomic mass is 9.71. The molecule has 1 saturated carbocycles. The van der Waals surface area contributed by atoms with Gasteiger partial charge < -0.3 is 24.4 Å². The molecule has 30 heavy (non-hydrogen) atoms. The second kappa shape index (κ2) is 9.14. The van der Waals surface area contributed by atoms with Gasteiger partial charge in [-0.3, -0.25) is 4.79 Å². The molecule has 3 rings (SSSR count). The number of methoxy groups -OCH3 is 2. The van der Waals surface area contributed by atoms with Gasteiger partial charge in [0.05, 0.1) is 20.3 Å². The standard InChI is InChI=1S/C23H34N2O5/c1-15(24-16(2)26)23(3)14-25(22(27)29-5)13-19(23)17-10-11-20(28-4)21(12-17)30-18-8-6-7-9-18/h10-12,15,18-19H,6-9,13-14H2,1-5H3,(H,24,26). The number of hydrogen-bond donors (Lipinski definition) is 1. The van der Waals surface area contributed by atoms with Gasteiger partial charge in [0.25, 0.3) is 0 Å². The van der Waals surface area contributed by atoms with Crippen molar-refractivity contribution in [3.8, 4) is 11.5 Å². The van der Waals surface area contributed by atoms with E-state index >= 15 is 0 Å². The summed E-state index contributed by atoms with van der Waals surface area (Å²) in [6.45, 7) is 6.64. The van der Waals surface area contributed by atoms with E-state index in [9.17, 15) is 9.59 Å². The van der Waals surface area contributed by atoms with E-state index in [0.717, 1.165) is 24.2 Å². The van der Waals surface area contributed by atoms with E-state index in [1.54, 1.807) is 12.0 Å². The molecule has 7 nitrogen and oxygen atoms in total. The Balaban J connectivity index is 1.94. The first kappa shape index (κ1) is 22.2. The second-order valence-electron chi connectivity index (χ2n) is 8.77. The fourth-order valence-electron chi connectivity index (χ4n) is 4.87. The lowest BCUT2D eigenvalue weighted by Crippen LogP contribution is -2.47. The van der Waals surface area contributed by atoms with Crippen LogP contribution >= 0.6 is 0 Å². The summed E-state index contributed by atoms with van der Waals surface area (Å²) in [5.74, 6) is 1.38. The van der Waals surface area contributed by atoms with Crippen molar-refractivity contribution in [3.63, 3.8) is 0 Å². The third-order valence-electron chi connectivity index (χ3n) is 6.76. The molecule has 1 aliphatic heterocycles. The molecule has 0 radical (unpaired) electrons. The van der Waals surface area contributed by atoms with E-state index in [0.29, 0.717) is 18.8 Å². The van der Waals surface area contributed by atoms with E-state index in [1.807, 2.05) is 25.1 Å². The van der Waals surface area contributed by atoms with Gasteiger partial charge in [0.2, 0.25) is 5.91 Å². The molecule has 0 aromatic heterocycles. The summed E-state index contributed by atoms with van der Waals surface area (Å²) in [6, 6.07) is 5.88. The first-order chi connectivity index (χ1) is 14.3. The van der Waals surface area contributed by atoms with Gasteiger partial charge >= 0.3 is 6.09 Å². The van der Waals surface area contributed by atoms with Gasteiger partial charge in [0.15, 0.2) is 11.5 Å². The average molecular weight is 419 g/mol. The maximum Gasteiger partial charge on any atom is 0.409 e. The fraction of sp³-hybridized carbons (Fsp3) is 0.652. The van der Waals surface area contributed by atoms with E-state index in [4.69, 9.17) is 14.2 Å². The number of carbonyl (C=O) groups excluding carboxylic acids is 2. The molecular weight excluding hydrogens is 384 g/mol. The highest BCUT2D eigenvalue weighted by atomic mass is 16.5. The summed E-state index contributed by atoms with van der Waals surface area (Å²) < 4.78 is 16.8. The molecule has 3 atom stereocenters. The van der Waals surface area contributed by atoms with Crippen LogP contribution in [0.5, 0.6) is 11.5 Å². The van der Waals surface area contributed by atoms with Crippen molar-refractivity contribution in [1.29, 1.82) is 0 Å². The van der Waals surface area contributed by atoms with Crippen LogP contribution in [0.4, 0.5) is 4.79 Å². The number of rotatable bonds is 6. The monoisotopic (exact) mass is 418 g/mol. The molecule has 1 aromatic carbocycles. The van der Waals surface area contributed by atoms with E-state index in [-0.39, 0.29) is 35.5 Å². The lowest BCUT2D eigenvalue weighted by molar-refractivity contribution is -0.120. The smallest absolute Gasteiger partial charge is 0.409 e. The van der Waals surface area contributed by atoms with Crippen molar-refractivity contribution >= 4 is 12.0 Å². The van der Waals surface area contributed by atoms with Crippen LogP contribution < -0.4 is 14.8 Å². The van der Waals surface area contributed by atoms with Crippen molar-refractivity contribution < 1.29 is 23.8 Å². The van der Waals surface area contributed by atoms with Crippen molar-refractivity contribution in [2.24, 2.45) is 5.41 Å². The highest BCUT2D eigenvalue weighted by molar-refractivity contribution is 5.73. The molecule has 0 bridgehead atoms. The quantitative estimate of drug-likeness (QED) is 0.762. The van der Waals surface area contributed by atoms with Crippen LogP contribution in [-0.2, 0) is 9.53 Å². The molecule has 1 heterocycles. The zero-order valence-electron chi connectivity index (χ0n) is 18.7. The molecule has 3 unspecified atom stereocenters. The topological polar surface area (TPSA) is 77.1 Å². The Bertz CT molecular complexity index is 777. The third-order valence-corrected chi connectivity index (χ3v) is 6.76. The van der Waals surface area contributed by atoms with Crippen LogP contribution in [0, 0.1) is 5.41 Å². The van der Waals surface area contributed by atoms with Gasteiger partial charge in [0, 0.05) is 37.4 Å². The molecule has 7 heteroatoms. The molecule has 0 spiro atoms. The van der Waals surface area contributed by atoms with Crippen molar-refractivity contribution in [3.05, 3.63) is 23.8 Å². The number of nitrogens with zero attached hydrogens (tertiary/aromatic N) is 1. The Labute approximate surface area is 179 Å². The minimum atomic E-state index is -0.362. The Hall–Kier alpha value is -2.44. The number of amides is 2. The predicted molar refractivity (Wildman–Crippen MR) is 114 cm³/mol. The first-order valence-electron chi connectivity index (χ1n) is 10.7. The number of ether oxygens (including phenoxy) is 3. The van der Waals surface area contributed by atoms with Crippen LogP contribution in [0.3, 0.4) is 0 Å². The summed E-state index contributed by atoms with van der Waals surface area (Å²) in [5, 5.41) is 3.02. The Morgan fingerprint density at radius 3 is 2.50 bits per heavy atom. The zero-order valence-corrected chi connectivity index (χ0v) is 18.7. The lowest BCUT2D eigenvalue weighted by Gasteiger charge is -2.37. The maximum absolute atomic E-state index is 12.3. The van der Waals surface area contributed by atoms with Crippen LogP contribution in [0.2, 0.25) is 0 Å². The number of nitrogens with one attached hydrogen (secondary N) is 1. The summed E-state index contributed by atoms with van der Waals surface area (Å²) in [4.78, 5) is 25.8. The van der Waals surface area contributed by atoms with E-state index in [2.05, 4.69) is 12.2 Å². The van der Waals surface area contributed by atoms with Gasteiger partial charge in [-0.05, 0) is 50.3 Å². The van der Waals surface area contributed by atoms with Gasteiger partial charge in [-0.25, -0.2) is 4.79 Å². The van der Waals surface area contributed by atoms with Crippen LogP contribution in [0.15, 0.2) is 18.2 Å². The van der Waals surface area contributed by atoms with Crippen LogP contribution in [-0.4, -0.2) is 56.4 Å². The molecule has 1 saturated heterocycles. The summed E-state index contributed by atoms with van der Waals surface area (Å²) in [5.41, 5.74) is 0.703. The maximum atomic E-state index is 12.3. The molecular formula is C23H34N2O5. The molecule has 2 aliphatic rings. The van der Waals surface area contributed by atoms with Crippen LogP contribution in [0.1, 0.15) is 57.9 Å². The Morgan fingerprint density at radius 2 is 1.90 bits per heavy atom. The van der Waals surface area contributed by atoms with Gasteiger partial charge in [0.1, 0.15) is 0 Å². The largest absolute Gasteiger partial charge is 0.493 e. The minimum Gasteiger partial charge on any atom is -0.493 e. The predicted octanol–water partition coefficient (Wildman–Crippen LogP) is 3.71. The summed E-state index contributed by atoms with van der Waals surface area (Å²) in [7, 11) is 3.04. The van der Waals surface area contributed by atoms with Crippen molar-refractivity contribution in [1.82, 2.24) is 10.2 Å². The summed E-state index contributed by atoms with van der Waals surface area (Å²) >= 11 is 0. The molecule has 1 aliphatic carbocycles. The number of benzene rings is 1. The number of hydrogen-bond acceptors (Lipinski definition) is 5. The summed E-state index contributed by atoms with van der Waals surface area (Å²) in [6.07, 6.45) is 4.36. The highest BCUT2D eigenvalue weighted by Gasteiger charge is 2.49. The zero-order chi connectivity index (χ0) is 21.9. The molecule has 2 amide bonds. The number of carbonyl (C=O) groups is 2. The van der Waals surface area contributed by atoms with Gasteiger partial charge in [-0.15, -0.1) is 0 Å². The van der Waals surface area contributed by atoms with E-state index < -0.39 is 0 Å². The van der Waals surface area contributed by atoms with Gasteiger partial charge in [-0.2, -0.15) is 0 Å². The molecule has 1 N–H and O–H groups in total. The SMILES string of the molecule is COC(=O)N1CC(c2ccc(OC)c(OC3CCCC3)c2)C(C)(C(C)NC(C)=O)C1. The molecule has 166 valence electrons. The normalized spacial score (nSPS) is 25.1. The first-order valence-corrected chi connectivity index (χ1v) is 10.7. The Morgan fingerprint density at radius 1 is 1.20 bits per heavy atom. The molecule has 1 aromatic rings. The average Bonchev–Trinajstić information content (AvgIpc) is 3.35. The van der Waals surface area contributed by atoms with Crippen LogP contribution in [0.25, 0.3) is 0 Å². The molecule has 2 fully saturated rings. The Kier molecular flexibility index (Phi) is 6.78. The fourth-order valence-corrected chi connectivity index (χ4v) is 4.87. The van der Waals surface area contributed by atoms with E-state index in [1.165, 1.54) is 26.9 Å². The van der Waals surface area contributed by atoms with Gasteiger partial charge in [-0.1, -0.05) is 13.0 Å². The minimum absolute atomic E-state index is 0.00952. The third kappa shape index (κ3) is 4.50.